The zero-order chi connectivity index (χ0) is 15.4. The minimum Gasteiger partial charge on any atom is -0.310 e. The highest BCUT2D eigenvalue weighted by Gasteiger charge is 2.17. The highest BCUT2D eigenvalue weighted by atomic mass is 79.9. The van der Waals surface area contributed by atoms with Crippen LogP contribution in [0.1, 0.15) is 24.1 Å². The van der Waals surface area contributed by atoms with Gasteiger partial charge in [-0.2, -0.15) is 0 Å². The monoisotopic (exact) mass is 389 g/mol. The fourth-order valence-corrected chi connectivity index (χ4v) is 2.81. The maximum absolute atomic E-state index is 14.2. The first-order valence-electron chi connectivity index (χ1n) is 6.63. The van der Waals surface area contributed by atoms with Gasteiger partial charge in [-0.1, -0.05) is 42.3 Å². The zero-order valence-corrected chi connectivity index (χ0v) is 14.6. The van der Waals surface area contributed by atoms with E-state index in [0.29, 0.717) is 26.5 Å². The fraction of sp³-hybridized carbons (Fsp3) is 0.250. The quantitative estimate of drug-likeness (QED) is 0.637. The minimum absolute atomic E-state index is 0.137. The van der Waals surface area contributed by atoms with Crippen LogP contribution in [0.25, 0.3) is 0 Å². The van der Waals surface area contributed by atoms with Gasteiger partial charge in [0.15, 0.2) is 0 Å². The van der Waals surface area contributed by atoms with E-state index in [1.165, 1.54) is 6.07 Å². The van der Waals surface area contributed by atoms with Gasteiger partial charge in [-0.25, -0.2) is 4.39 Å². The first-order valence-corrected chi connectivity index (χ1v) is 8.18. The average molecular weight is 391 g/mol. The maximum Gasteiger partial charge on any atom is 0.129 e. The normalized spacial score (nSPS) is 12.4. The van der Waals surface area contributed by atoms with Crippen molar-refractivity contribution in [2.45, 2.75) is 19.4 Å². The molecule has 0 saturated carbocycles. The number of hydrogen-bond donors (Lipinski definition) is 1. The maximum atomic E-state index is 14.2. The number of halogens is 4. The Kier molecular flexibility index (Phi) is 6.06. The van der Waals surface area contributed by atoms with Crippen LogP contribution in [-0.2, 0) is 6.42 Å². The summed E-state index contributed by atoms with van der Waals surface area (Å²) in [4.78, 5) is 0. The average Bonchev–Trinajstić information content (AvgIpc) is 2.45. The van der Waals surface area contributed by atoms with E-state index in [0.717, 1.165) is 12.1 Å². The third-order valence-electron chi connectivity index (χ3n) is 3.22. The predicted octanol–water partition coefficient (Wildman–Crippen LogP) is 5.79. The van der Waals surface area contributed by atoms with Crippen LogP contribution in [0.5, 0.6) is 0 Å². The highest BCUT2D eigenvalue weighted by molar-refractivity contribution is 9.10. The van der Waals surface area contributed by atoms with Crippen LogP contribution in [0, 0.1) is 5.82 Å². The number of hydrogen-bond acceptors (Lipinski definition) is 1. The van der Waals surface area contributed by atoms with Gasteiger partial charge in [-0.15, -0.1) is 0 Å². The van der Waals surface area contributed by atoms with E-state index in [1.54, 1.807) is 6.07 Å². The molecule has 1 unspecified atom stereocenters. The summed E-state index contributed by atoms with van der Waals surface area (Å²) in [6, 6.07) is 10.5. The summed E-state index contributed by atoms with van der Waals surface area (Å²) in [5, 5.41) is 4.50. The van der Waals surface area contributed by atoms with E-state index in [1.807, 2.05) is 31.2 Å². The van der Waals surface area contributed by atoms with Gasteiger partial charge in [0.1, 0.15) is 5.82 Å². The fourth-order valence-electron chi connectivity index (χ4n) is 2.20. The van der Waals surface area contributed by atoms with Crippen molar-refractivity contribution >= 4 is 39.1 Å². The number of nitrogens with one attached hydrogen (secondary N) is 1. The Morgan fingerprint density at radius 1 is 1.19 bits per heavy atom. The topological polar surface area (TPSA) is 12.0 Å². The molecule has 0 spiro atoms. The van der Waals surface area contributed by atoms with Crippen LogP contribution in [0.3, 0.4) is 0 Å². The van der Waals surface area contributed by atoms with Gasteiger partial charge >= 0.3 is 0 Å². The molecular formula is C16H15BrCl2FN. The molecule has 1 nitrogen and oxygen atoms in total. The van der Waals surface area contributed by atoms with Crippen LogP contribution < -0.4 is 5.32 Å². The van der Waals surface area contributed by atoms with Crippen molar-refractivity contribution in [2.75, 3.05) is 6.54 Å². The molecule has 0 saturated heterocycles. The zero-order valence-electron chi connectivity index (χ0n) is 11.5. The SMILES string of the molecule is CCNC(Cc1ccc(Cl)cc1)c1cc(Cl)c(Br)cc1F. The first-order chi connectivity index (χ1) is 10.0. The lowest BCUT2D eigenvalue weighted by Gasteiger charge is -2.20. The summed E-state index contributed by atoms with van der Waals surface area (Å²) in [7, 11) is 0. The minimum atomic E-state index is -0.272. The van der Waals surface area contributed by atoms with E-state index >= 15 is 0 Å². The van der Waals surface area contributed by atoms with Crippen LogP contribution >= 0.6 is 39.1 Å². The lowest BCUT2D eigenvalue weighted by Crippen LogP contribution is -2.24. The van der Waals surface area contributed by atoms with Crippen molar-refractivity contribution in [3.05, 3.63) is 67.9 Å². The largest absolute Gasteiger partial charge is 0.310 e. The molecule has 21 heavy (non-hydrogen) atoms. The number of rotatable bonds is 5. The molecule has 5 heteroatoms. The molecule has 0 fully saturated rings. The molecule has 0 radical (unpaired) electrons. The molecule has 0 aliphatic heterocycles. The second-order valence-corrected chi connectivity index (χ2v) is 6.43. The Bertz CT molecular complexity index is 616. The lowest BCUT2D eigenvalue weighted by molar-refractivity contribution is 0.509. The molecule has 0 aliphatic rings. The van der Waals surface area contributed by atoms with Crippen molar-refractivity contribution < 1.29 is 4.39 Å². The van der Waals surface area contributed by atoms with Gasteiger partial charge in [-0.3, -0.25) is 0 Å². The predicted molar refractivity (Wildman–Crippen MR) is 90.7 cm³/mol. The molecule has 2 aromatic rings. The lowest BCUT2D eigenvalue weighted by atomic mass is 9.98. The van der Waals surface area contributed by atoms with E-state index in [9.17, 15) is 4.39 Å². The van der Waals surface area contributed by atoms with E-state index in [4.69, 9.17) is 23.2 Å². The summed E-state index contributed by atoms with van der Waals surface area (Å²) in [6.07, 6.45) is 0.667. The molecule has 0 heterocycles. The molecule has 0 amide bonds. The molecule has 0 bridgehead atoms. The summed E-state index contributed by atoms with van der Waals surface area (Å²) in [6.45, 7) is 2.73. The van der Waals surface area contributed by atoms with Crippen molar-refractivity contribution in [3.8, 4) is 0 Å². The molecule has 2 rings (SSSR count). The molecule has 1 atom stereocenters. The standard InChI is InChI=1S/C16H15BrCl2FN/c1-2-21-16(7-10-3-5-11(18)6-4-10)12-8-14(19)13(17)9-15(12)20/h3-6,8-9,16,21H,2,7H2,1H3. The van der Waals surface area contributed by atoms with Gasteiger partial charge in [0.2, 0.25) is 0 Å². The summed E-state index contributed by atoms with van der Waals surface area (Å²) in [5.74, 6) is -0.272. The second-order valence-electron chi connectivity index (χ2n) is 4.73. The molecule has 112 valence electrons. The summed E-state index contributed by atoms with van der Waals surface area (Å²) < 4.78 is 14.8. The van der Waals surface area contributed by atoms with Gasteiger partial charge < -0.3 is 5.32 Å². The van der Waals surface area contributed by atoms with E-state index in [-0.39, 0.29) is 11.9 Å². The van der Waals surface area contributed by atoms with Crippen LogP contribution in [0.2, 0.25) is 10.0 Å². The first kappa shape index (κ1) is 16.8. The van der Waals surface area contributed by atoms with Gasteiger partial charge in [0.05, 0.1) is 5.02 Å². The highest BCUT2D eigenvalue weighted by Crippen LogP contribution is 2.30. The van der Waals surface area contributed by atoms with Gasteiger partial charge in [0, 0.05) is 21.1 Å². The Morgan fingerprint density at radius 3 is 2.48 bits per heavy atom. The molecule has 0 aliphatic carbocycles. The Labute approximate surface area is 142 Å². The Hall–Kier alpha value is -0.610. The smallest absolute Gasteiger partial charge is 0.129 e. The molecule has 0 aromatic heterocycles. The van der Waals surface area contributed by atoms with Crippen molar-refractivity contribution in [2.24, 2.45) is 0 Å². The van der Waals surface area contributed by atoms with Gasteiger partial charge in [0.25, 0.3) is 0 Å². The number of benzene rings is 2. The third kappa shape index (κ3) is 4.43. The molecule has 2 aromatic carbocycles. The third-order valence-corrected chi connectivity index (χ3v) is 4.67. The van der Waals surface area contributed by atoms with Crippen LogP contribution in [-0.4, -0.2) is 6.54 Å². The van der Waals surface area contributed by atoms with E-state index < -0.39 is 0 Å². The van der Waals surface area contributed by atoms with Crippen molar-refractivity contribution in [1.82, 2.24) is 5.32 Å². The van der Waals surface area contributed by atoms with Crippen molar-refractivity contribution in [3.63, 3.8) is 0 Å². The second kappa shape index (κ2) is 7.59. The Morgan fingerprint density at radius 2 is 1.86 bits per heavy atom. The Balaban J connectivity index is 2.30. The van der Waals surface area contributed by atoms with Crippen molar-refractivity contribution in [1.29, 1.82) is 0 Å². The summed E-state index contributed by atoms with van der Waals surface area (Å²) >= 11 is 15.2. The number of likely N-dealkylation sites (N-methyl/N-ethyl adjacent to an activating group) is 1. The molecule has 1 N–H and O–H groups in total. The summed E-state index contributed by atoms with van der Waals surface area (Å²) in [5.41, 5.74) is 1.66. The van der Waals surface area contributed by atoms with Crippen LogP contribution in [0.15, 0.2) is 40.9 Å². The van der Waals surface area contributed by atoms with Crippen LogP contribution in [0.4, 0.5) is 4.39 Å². The van der Waals surface area contributed by atoms with Gasteiger partial charge in [-0.05, 0) is 58.7 Å². The molecular weight excluding hydrogens is 376 g/mol. The van der Waals surface area contributed by atoms with E-state index in [2.05, 4.69) is 21.2 Å².